The normalized spacial score (nSPS) is 11.4. The van der Waals surface area contributed by atoms with Crippen LogP contribution in [0.4, 0.5) is 0 Å². The Kier molecular flexibility index (Phi) is 2.15. The van der Waals surface area contributed by atoms with Crippen molar-refractivity contribution in [2.24, 2.45) is 0 Å². The van der Waals surface area contributed by atoms with Gasteiger partial charge in [-0.15, -0.1) is 0 Å². The van der Waals surface area contributed by atoms with E-state index in [4.69, 9.17) is 4.84 Å². The third-order valence-electron chi connectivity index (χ3n) is 3.67. The predicted molar refractivity (Wildman–Crippen MR) is 78.4 cm³/mol. The van der Waals surface area contributed by atoms with Crippen LogP contribution in [0.1, 0.15) is 0 Å². The van der Waals surface area contributed by atoms with Gasteiger partial charge in [-0.05, 0) is 24.3 Å². The van der Waals surface area contributed by atoms with Crippen molar-refractivity contribution in [3.05, 3.63) is 59.8 Å². The summed E-state index contributed by atoms with van der Waals surface area (Å²) in [7, 11) is 1.61. The molecule has 0 saturated heterocycles. The second kappa shape index (κ2) is 3.87. The molecule has 0 aliphatic carbocycles. The Morgan fingerprint density at radius 1 is 1.00 bits per heavy atom. The SMILES string of the molecule is COn1c2ccccc2c2c1cc1ccccc1[n+]2[O-]. The van der Waals surface area contributed by atoms with Crippen LogP contribution in [0.3, 0.4) is 0 Å². The summed E-state index contributed by atoms with van der Waals surface area (Å²) in [4.78, 5) is 5.45. The molecule has 4 nitrogen and oxygen atoms in total. The van der Waals surface area contributed by atoms with E-state index in [0.717, 1.165) is 26.5 Å². The van der Waals surface area contributed by atoms with Crippen molar-refractivity contribution >= 4 is 32.8 Å². The van der Waals surface area contributed by atoms with Crippen LogP contribution in [0, 0.1) is 5.21 Å². The first-order valence-electron chi connectivity index (χ1n) is 6.40. The molecule has 0 unspecified atom stereocenters. The minimum atomic E-state index is 0.640. The second-order valence-corrected chi connectivity index (χ2v) is 4.73. The van der Waals surface area contributed by atoms with Crippen LogP contribution in [-0.4, -0.2) is 11.8 Å². The number of aromatic nitrogens is 2. The van der Waals surface area contributed by atoms with Crippen molar-refractivity contribution in [2.75, 3.05) is 7.11 Å². The number of rotatable bonds is 1. The Morgan fingerprint density at radius 3 is 2.60 bits per heavy atom. The van der Waals surface area contributed by atoms with Crippen molar-refractivity contribution < 1.29 is 9.57 Å². The summed E-state index contributed by atoms with van der Waals surface area (Å²) < 4.78 is 2.69. The van der Waals surface area contributed by atoms with Crippen molar-refractivity contribution in [1.82, 2.24) is 4.73 Å². The maximum Gasteiger partial charge on any atom is 0.253 e. The van der Waals surface area contributed by atoms with Crippen LogP contribution < -0.4 is 9.57 Å². The lowest BCUT2D eigenvalue weighted by molar-refractivity contribution is -0.547. The summed E-state index contributed by atoms with van der Waals surface area (Å²) in [6, 6.07) is 17.3. The van der Waals surface area contributed by atoms with Crippen LogP contribution in [0.2, 0.25) is 0 Å². The molecule has 2 aromatic carbocycles. The van der Waals surface area contributed by atoms with Crippen molar-refractivity contribution in [2.45, 2.75) is 0 Å². The smallest absolute Gasteiger partial charge is 0.253 e. The highest BCUT2D eigenvalue weighted by Gasteiger charge is 2.20. The molecule has 0 atom stereocenters. The van der Waals surface area contributed by atoms with Crippen LogP contribution >= 0.6 is 0 Å². The number of nitrogens with zero attached hydrogens (tertiary/aromatic N) is 2. The zero-order valence-corrected chi connectivity index (χ0v) is 10.9. The summed E-state index contributed by atoms with van der Waals surface area (Å²) in [5.74, 6) is 0. The van der Waals surface area contributed by atoms with Gasteiger partial charge in [-0.2, -0.15) is 9.46 Å². The van der Waals surface area contributed by atoms with E-state index < -0.39 is 0 Å². The summed E-state index contributed by atoms with van der Waals surface area (Å²) in [5.41, 5.74) is 2.98. The predicted octanol–water partition coefficient (Wildman–Crippen LogP) is 2.64. The Hall–Kier alpha value is -2.75. The minimum Gasteiger partial charge on any atom is -0.618 e. The average Bonchev–Trinajstić information content (AvgIpc) is 2.81. The van der Waals surface area contributed by atoms with Gasteiger partial charge in [0, 0.05) is 11.5 Å². The Labute approximate surface area is 115 Å². The molecule has 2 aromatic heterocycles. The first-order chi connectivity index (χ1) is 9.81. The number of fused-ring (bicyclic) bond motifs is 4. The van der Waals surface area contributed by atoms with E-state index >= 15 is 0 Å². The zero-order chi connectivity index (χ0) is 13.7. The monoisotopic (exact) mass is 264 g/mol. The van der Waals surface area contributed by atoms with Crippen molar-refractivity contribution in [3.63, 3.8) is 0 Å². The second-order valence-electron chi connectivity index (χ2n) is 4.73. The van der Waals surface area contributed by atoms with E-state index in [9.17, 15) is 5.21 Å². The average molecular weight is 264 g/mol. The van der Waals surface area contributed by atoms with Gasteiger partial charge in [0.15, 0.2) is 5.52 Å². The molecular weight excluding hydrogens is 252 g/mol. The molecule has 4 heteroatoms. The molecule has 0 radical (unpaired) electrons. The standard InChI is InChI=1S/C16H12N2O2/c1-20-18-14-9-5-3-7-12(14)16-15(18)10-11-6-2-4-8-13(11)17(16)19/h2-10H,1H3. The molecule has 0 amide bonds. The summed E-state index contributed by atoms with van der Waals surface area (Å²) in [5, 5.41) is 14.5. The molecule has 0 fully saturated rings. The number of benzene rings is 2. The number of hydrogen-bond acceptors (Lipinski definition) is 2. The van der Waals surface area contributed by atoms with Gasteiger partial charge in [0.25, 0.3) is 5.52 Å². The number of para-hydroxylation sites is 2. The highest BCUT2D eigenvalue weighted by molar-refractivity contribution is 6.06. The van der Waals surface area contributed by atoms with Crippen LogP contribution in [0.15, 0.2) is 54.6 Å². The van der Waals surface area contributed by atoms with E-state index in [1.807, 2.05) is 54.6 Å². The maximum atomic E-state index is 12.7. The van der Waals surface area contributed by atoms with Crippen LogP contribution in [0.25, 0.3) is 32.8 Å². The molecule has 98 valence electrons. The highest BCUT2D eigenvalue weighted by Crippen LogP contribution is 2.27. The molecule has 0 N–H and O–H groups in total. The molecule has 0 saturated carbocycles. The number of hydrogen-bond donors (Lipinski definition) is 0. The zero-order valence-electron chi connectivity index (χ0n) is 10.9. The fourth-order valence-corrected chi connectivity index (χ4v) is 2.81. The molecule has 4 rings (SSSR count). The van der Waals surface area contributed by atoms with Crippen LogP contribution in [0.5, 0.6) is 0 Å². The largest absolute Gasteiger partial charge is 0.618 e. The fraction of sp³-hybridized carbons (Fsp3) is 0.0625. The van der Waals surface area contributed by atoms with Gasteiger partial charge in [0.2, 0.25) is 5.52 Å². The Bertz CT molecular complexity index is 957. The molecule has 0 spiro atoms. The van der Waals surface area contributed by atoms with E-state index in [2.05, 4.69) is 0 Å². The van der Waals surface area contributed by atoms with Crippen molar-refractivity contribution in [1.29, 1.82) is 0 Å². The van der Waals surface area contributed by atoms with Gasteiger partial charge in [-0.1, -0.05) is 24.3 Å². The molecule has 0 aliphatic heterocycles. The van der Waals surface area contributed by atoms with E-state index in [1.165, 1.54) is 0 Å². The highest BCUT2D eigenvalue weighted by atomic mass is 16.6. The number of pyridine rings is 1. The van der Waals surface area contributed by atoms with Crippen LogP contribution in [-0.2, 0) is 0 Å². The first-order valence-corrected chi connectivity index (χ1v) is 6.40. The lowest BCUT2D eigenvalue weighted by Crippen LogP contribution is -2.28. The van der Waals surface area contributed by atoms with E-state index in [-0.39, 0.29) is 0 Å². The Balaban J connectivity index is 2.35. The van der Waals surface area contributed by atoms with Gasteiger partial charge < -0.3 is 10.0 Å². The summed E-state index contributed by atoms with van der Waals surface area (Å²) >= 11 is 0. The lowest BCUT2D eigenvalue weighted by Gasteiger charge is -2.05. The third-order valence-corrected chi connectivity index (χ3v) is 3.67. The van der Waals surface area contributed by atoms with Crippen molar-refractivity contribution in [3.8, 4) is 0 Å². The topological polar surface area (TPSA) is 41.1 Å². The lowest BCUT2D eigenvalue weighted by atomic mass is 10.2. The fourth-order valence-electron chi connectivity index (χ4n) is 2.81. The molecule has 4 aromatic rings. The molecule has 0 aliphatic rings. The molecule has 0 bridgehead atoms. The summed E-state index contributed by atoms with van der Waals surface area (Å²) in [6.07, 6.45) is 0. The Morgan fingerprint density at radius 2 is 1.75 bits per heavy atom. The van der Waals surface area contributed by atoms with Gasteiger partial charge in [0.05, 0.1) is 10.9 Å². The van der Waals surface area contributed by atoms with E-state index in [1.54, 1.807) is 11.8 Å². The van der Waals surface area contributed by atoms with E-state index in [0.29, 0.717) is 11.0 Å². The quantitative estimate of drug-likeness (QED) is 0.392. The molecule has 2 heterocycles. The maximum absolute atomic E-state index is 12.7. The summed E-state index contributed by atoms with van der Waals surface area (Å²) in [6.45, 7) is 0. The van der Waals surface area contributed by atoms with Gasteiger partial charge in [0.1, 0.15) is 7.11 Å². The van der Waals surface area contributed by atoms with Gasteiger partial charge >= 0.3 is 0 Å². The molecular formula is C16H12N2O2. The first kappa shape index (κ1) is 11.1. The van der Waals surface area contributed by atoms with Gasteiger partial charge in [-0.25, -0.2) is 0 Å². The minimum absolute atomic E-state index is 0.640. The van der Waals surface area contributed by atoms with Gasteiger partial charge in [-0.3, -0.25) is 0 Å². The third kappa shape index (κ3) is 1.28. The molecule has 20 heavy (non-hydrogen) atoms.